The normalized spacial score (nSPS) is 14.7. The van der Waals surface area contributed by atoms with Gasteiger partial charge in [0.25, 0.3) is 5.91 Å². The summed E-state index contributed by atoms with van der Waals surface area (Å²) >= 11 is 0.835. The van der Waals surface area contributed by atoms with E-state index in [1.807, 2.05) is 0 Å². The van der Waals surface area contributed by atoms with Crippen molar-refractivity contribution in [2.45, 2.75) is 36.3 Å². The maximum atomic E-state index is 14.5. The molecular weight excluding hydrogens is 418 g/mol. The maximum Gasteiger partial charge on any atom is 0.254 e. The molecular formula is C21H22BFN4O3S. The van der Waals surface area contributed by atoms with Gasteiger partial charge in [0.15, 0.2) is 0 Å². The molecule has 1 unspecified atom stereocenters. The van der Waals surface area contributed by atoms with Crippen LogP contribution in [0.2, 0.25) is 0 Å². The number of carbonyl (C=O) groups is 3. The minimum atomic E-state index is -1.66. The van der Waals surface area contributed by atoms with Gasteiger partial charge in [-0.15, -0.1) is 0 Å². The fraction of sp³-hybridized carbons (Fsp3) is 0.286. The summed E-state index contributed by atoms with van der Waals surface area (Å²) in [6.45, 7) is 0.264. The van der Waals surface area contributed by atoms with Crippen molar-refractivity contribution in [3.63, 3.8) is 0 Å². The lowest BCUT2D eigenvalue weighted by atomic mass is 9.71. The highest BCUT2D eigenvalue weighted by Crippen LogP contribution is 2.35. The van der Waals surface area contributed by atoms with Crippen molar-refractivity contribution < 1.29 is 18.8 Å². The quantitative estimate of drug-likeness (QED) is 0.313. The van der Waals surface area contributed by atoms with Crippen LogP contribution in [0.1, 0.15) is 34.3 Å². The second-order valence-electron chi connectivity index (χ2n) is 7.13. The first kappa shape index (κ1) is 22.8. The number of anilines is 1. The lowest BCUT2D eigenvalue weighted by Gasteiger charge is -2.37. The molecule has 1 aliphatic heterocycles. The van der Waals surface area contributed by atoms with Gasteiger partial charge in [-0.25, -0.2) is 4.39 Å². The van der Waals surface area contributed by atoms with E-state index in [0.717, 1.165) is 11.9 Å². The van der Waals surface area contributed by atoms with E-state index in [4.69, 9.17) is 13.0 Å². The molecule has 4 N–H and O–H groups in total. The molecule has 0 aliphatic carbocycles. The van der Waals surface area contributed by atoms with Crippen molar-refractivity contribution in [3.05, 3.63) is 58.9 Å². The van der Waals surface area contributed by atoms with Crippen LogP contribution in [0, 0.1) is 5.82 Å². The molecule has 1 atom stereocenters. The third-order valence-corrected chi connectivity index (χ3v) is 5.92. The highest BCUT2D eigenvalue weighted by atomic mass is 32.2. The van der Waals surface area contributed by atoms with Crippen molar-refractivity contribution in [1.29, 1.82) is 0 Å². The average Bonchev–Trinajstić information content (AvgIpc) is 3.14. The van der Waals surface area contributed by atoms with E-state index in [1.165, 1.54) is 11.9 Å². The van der Waals surface area contributed by atoms with Crippen molar-refractivity contribution >= 4 is 43.6 Å². The molecule has 31 heavy (non-hydrogen) atoms. The van der Waals surface area contributed by atoms with Crippen LogP contribution in [0.5, 0.6) is 0 Å². The summed E-state index contributed by atoms with van der Waals surface area (Å²) in [5.41, 5.74) is 0.456. The zero-order chi connectivity index (χ0) is 22.6. The summed E-state index contributed by atoms with van der Waals surface area (Å²) < 4.78 is 14.5. The predicted molar refractivity (Wildman–Crippen MR) is 118 cm³/mol. The number of nitrogens with zero attached hydrogens (tertiary/aromatic N) is 1. The number of nitrogens with one attached hydrogen (secondary N) is 2. The molecule has 0 saturated heterocycles. The van der Waals surface area contributed by atoms with Gasteiger partial charge in [-0.2, -0.15) is 0 Å². The van der Waals surface area contributed by atoms with Gasteiger partial charge >= 0.3 is 0 Å². The molecule has 160 valence electrons. The second-order valence-corrected chi connectivity index (χ2v) is 7.81. The van der Waals surface area contributed by atoms with Gasteiger partial charge in [0.2, 0.25) is 5.91 Å². The Morgan fingerprint density at radius 1 is 1.35 bits per heavy atom. The second kappa shape index (κ2) is 9.53. The number of aldehydes is 1. The average molecular weight is 440 g/mol. The minimum Gasteiger partial charge on any atom is -0.381 e. The number of hydrogen-bond acceptors (Lipinski definition) is 6. The summed E-state index contributed by atoms with van der Waals surface area (Å²) in [7, 11) is 7.75. The van der Waals surface area contributed by atoms with Gasteiger partial charge in [0.05, 0.1) is 10.3 Å². The number of hydrogen-bond donors (Lipinski definition) is 3. The Bertz CT molecular complexity index is 1020. The summed E-state index contributed by atoms with van der Waals surface area (Å²) in [5.74, 6) is -1.35. The SMILES string of the molecule is [B]C(CCC=O)(C(=O)NC)N1Cc2c(NCc3cccc(SN)c3F)cccc2C1=O. The highest BCUT2D eigenvalue weighted by molar-refractivity contribution is 7.97. The Hall–Kier alpha value is -2.85. The van der Waals surface area contributed by atoms with Gasteiger partial charge in [0, 0.05) is 48.9 Å². The van der Waals surface area contributed by atoms with E-state index in [0.29, 0.717) is 33.6 Å². The van der Waals surface area contributed by atoms with Crippen LogP contribution >= 0.6 is 11.9 Å². The standard InChI is InChI=1S/C21H22BFN4O3S/c1-25-20(30)21(22,9-4-10-28)27-12-15-14(19(27)29)6-3-7-16(15)26-11-13-5-2-8-17(31-24)18(13)23/h2-3,5-8,10,26H,4,9,11-12,24H2,1H3,(H,25,30). The van der Waals surface area contributed by atoms with Gasteiger partial charge in [-0.05, 0) is 36.6 Å². The molecule has 2 aromatic rings. The molecule has 0 spiro atoms. The van der Waals surface area contributed by atoms with Crippen LogP contribution in [0.4, 0.5) is 10.1 Å². The van der Waals surface area contributed by atoms with Crippen molar-refractivity contribution in [2.75, 3.05) is 12.4 Å². The zero-order valence-electron chi connectivity index (χ0n) is 17.0. The third kappa shape index (κ3) is 4.31. The Morgan fingerprint density at radius 3 is 2.77 bits per heavy atom. The number of rotatable bonds is 9. The third-order valence-electron chi connectivity index (χ3n) is 5.35. The van der Waals surface area contributed by atoms with E-state index in [-0.39, 0.29) is 25.9 Å². The molecule has 0 fully saturated rings. The molecule has 7 nitrogen and oxygen atoms in total. The molecule has 1 aliphatic rings. The molecule has 0 aromatic heterocycles. The molecule has 0 bridgehead atoms. The number of benzene rings is 2. The first-order valence-corrected chi connectivity index (χ1v) is 10.5. The number of carbonyl (C=O) groups excluding carboxylic acids is 3. The Balaban J connectivity index is 1.88. The maximum absolute atomic E-state index is 14.5. The number of likely N-dealkylation sites (N-methyl/N-ethyl adjacent to an activating group) is 1. The smallest absolute Gasteiger partial charge is 0.254 e. The molecule has 2 aromatic carbocycles. The molecule has 0 saturated carbocycles. The van der Waals surface area contributed by atoms with E-state index >= 15 is 0 Å². The molecule has 10 heteroatoms. The van der Waals surface area contributed by atoms with Crippen molar-refractivity contribution in [2.24, 2.45) is 5.14 Å². The topological polar surface area (TPSA) is 105 Å². The summed E-state index contributed by atoms with van der Waals surface area (Å²) in [6.07, 6.45) is 0.685. The van der Waals surface area contributed by atoms with Crippen LogP contribution in [0.25, 0.3) is 0 Å². The summed E-state index contributed by atoms with van der Waals surface area (Å²) in [6, 6.07) is 10.1. The number of halogens is 1. The lowest BCUT2D eigenvalue weighted by Crippen LogP contribution is -2.59. The predicted octanol–water partition coefficient (Wildman–Crippen LogP) is 1.95. The molecule has 2 radical (unpaired) electrons. The van der Waals surface area contributed by atoms with E-state index in [2.05, 4.69) is 10.6 Å². The Labute approximate surface area is 185 Å². The largest absolute Gasteiger partial charge is 0.381 e. The highest BCUT2D eigenvalue weighted by Gasteiger charge is 2.45. The summed E-state index contributed by atoms with van der Waals surface area (Å²) in [5, 5.41) is 11.1. The number of amides is 2. The van der Waals surface area contributed by atoms with Crippen LogP contribution in [0.15, 0.2) is 41.3 Å². The molecule has 3 rings (SSSR count). The minimum absolute atomic E-state index is 0.00653. The fourth-order valence-electron chi connectivity index (χ4n) is 3.66. The first-order valence-electron chi connectivity index (χ1n) is 9.64. The van der Waals surface area contributed by atoms with Gasteiger partial charge < -0.3 is 20.3 Å². The number of fused-ring (bicyclic) bond motifs is 1. The number of nitrogens with two attached hydrogens (primary N) is 1. The molecule has 1 heterocycles. The lowest BCUT2D eigenvalue weighted by molar-refractivity contribution is -0.127. The van der Waals surface area contributed by atoms with Crippen molar-refractivity contribution in [3.8, 4) is 0 Å². The van der Waals surface area contributed by atoms with Gasteiger partial charge in [-0.1, -0.05) is 18.2 Å². The van der Waals surface area contributed by atoms with Crippen LogP contribution in [0.3, 0.4) is 0 Å². The monoisotopic (exact) mass is 440 g/mol. The van der Waals surface area contributed by atoms with E-state index in [9.17, 15) is 18.8 Å². The van der Waals surface area contributed by atoms with E-state index in [1.54, 1.807) is 36.4 Å². The van der Waals surface area contributed by atoms with Crippen LogP contribution in [-0.4, -0.2) is 43.3 Å². The van der Waals surface area contributed by atoms with Gasteiger partial charge in [0.1, 0.15) is 19.9 Å². The van der Waals surface area contributed by atoms with E-state index < -0.39 is 23.1 Å². The summed E-state index contributed by atoms with van der Waals surface area (Å²) in [4.78, 5) is 38.1. The zero-order valence-corrected chi connectivity index (χ0v) is 17.8. The Morgan fingerprint density at radius 2 is 2.10 bits per heavy atom. The van der Waals surface area contributed by atoms with Crippen molar-refractivity contribution in [1.82, 2.24) is 10.2 Å². The fourth-order valence-corrected chi connectivity index (χ4v) is 4.05. The first-order chi connectivity index (χ1) is 14.9. The Kier molecular flexibility index (Phi) is 7.02. The van der Waals surface area contributed by atoms with Gasteiger partial charge in [-0.3, -0.25) is 14.7 Å². The molecule has 2 amide bonds. The van der Waals surface area contributed by atoms with Crippen LogP contribution < -0.4 is 15.8 Å². The van der Waals surface area contributed by atoms with Crippen LogP contribution in [-0.2, 0) is 22.7 Å².